The molecule has 17 heavy (non-hydrogen) atoms. The van der Waals surface area contributed by atoms with Gasteiger partial charge in [0.05, 0.1) is 13.7 Å². The quantitative estimate of drug-likeness (QED) is 0.633. The molecular weight excluding hydrogens is 288 g/mol. The molecule has 5 heteroatoms. The summed E-state index contributed by atoms with van der Waals surface area (Å²) in [7, 11) is 1.60. The van der Waals surface area contributed by atoms with E-state index in [0.717, 1.165) is 15.8 Å². The lowest BCUT2D eigenvalue weighted by Gasteiger charge is -2.03. The summed E-state index contributed by atoms with van der Waals surface area (Å²) in [6.07, 6.45) is -0.700. The first kappa shape index (κ1) is 12.4. The van der Waals surface area contributed by atoms with E-state index < -0.39 is 6.10 Å². The van der Waals surface area contributed by atoms with Crippen LogP contribution in [0.25, 0.3) is 0 Å². The zero-order valence-electron chi connectivity index (χ0n) is 9.60. The fourth-order valence-electron chi connectivity index (χ4n) is 1.64. The highest BCUT2D eigenvalue weighted by molar-refractivity contribution is 9.10. The zero-order chi connectivity index (χ0) is 12.4. The highest BCUT2D eigenvalue weighted by atomic mass is 79.9. The van der Waals surface area contributed by atoms with Gasteiger partial charge in [-0.1, -0.05) is 15.9 Å². The van der Waals surface area contributed by atoms with Gasteiger partial charge in [-0.2, -0.15) is 0 Å². The molecule has 2 rings (SSSR count). The van der Waals surface area contributed by atoms with Crippen LogP contribution in [0.2, 0.25) is 0 Å². The summed E-state index contributed by atoms with van der Waals surface area (Å²) in [6.45, 7) is 2.14. The Kier molecular flexibility index (Phi) is 3.69. The first-order chi connectivity index (χ1) is 8.15. The van der Waals surface area contributed by atoms with Crippen LogP contribution in [-0.2, 0) is 14.3 Å². The largest absolute Gasteiger partial charge is 0.497 e. The van der Waals surface area contributed by atoms with Crippen LogP contribution in [0, 0.1) is 0 Å². The van der Waals surface area contributed by atoms with Crippen molar-refractivity contribution in [2.75, 3.05) is 13.7 Å². The van der Waals surface area contributed by atoms with Gasteiger partial charge in [-0.15, -0.1) is 0 Å². The van der Waals surface area contributed by atoms with E-state index in [0.29, 0.717) is 6.61 Å². The van der Waals surface area contributed by atoms with Crippen molar-refractivity contribution in [1.82, 2.24) is 0 Å². The minimum absolute atomic E-state index is 0.222. The van der Waals surface area contributed by atoms with Crippen LogP contribution >= 0.6 is 15.9 Å². The third-order valence-electron chi connectivity index (χ3n) is 2.47. The minimum atomic E-state index is -0.478. The van der Waals surface area contributed by atoms with Crippen molar-refractivity contribution in [2.24, 2.45) is 0 Å². The van der Waals surface area contributed by atoms with Gasteiger partial charge >= 0.3 is 5.97 Å². The summed E-state index contributed by atoms with van der Waals surface area (Å²) in [4.78, 5) is 11.4. The summed E-state index contributed by atoms with van der Waals surface area (Å²) < 4.78 is 16.3. The van der Waals surface area contributed by atoms with E-state index in [1.54, 1.807) is 14.0 Å². The molecule has 1 heterocycles. The molecule has 0 saturated carbocycles. The van der Waals surface area contributed by atoms with Crippen molar-refractivity contribution in [3.63, 3.8) is 0 Å². The number of epoxide rings is 1. The van der Waals surface area contributed by atoms with E-state index in [1.165, 1.54) is 0 Å². The predicted octanol–water partition coefficient (Wildman–Crippen LogP) is 2.46. The van der Waals surface area contributed by atoms with Gasteiger partial charge in [-0.3, -0.25) is 0 Å². The second-order valence-electron chi connectivity index (χ2n) is 3.65. The first-order valence-electron chi connectivity index (χ1n) is 5.32. The molecule has 1 aliphatic heterocycles. The van der Waals surface area contributed by atoms with Crippen molar-refractivity contribution < 1.29 is 19.0 Å². The molecule has 0 N–H and O–H groups in total. The maximum atomic E-state index is 11.4. The smallest absolute Gasteiger partial charge is 0.338 e. The lowest BCUT2D eigenvalue weighted by atomic mass is 10.1. The van der Waals surface area contributed by atoms with Crippen LogP contribution in [0.3, 0.4) is 0 Å². The van der Waals surface area contributed by atoms with E-state index in [4.69, 9.17) is 14.2 Å². The van der Waals surface area contributed by atoms with Crippen LogP contribution in [0.4, 0.5) is 0 Å². The normalized spacial score (nSPS) is 22.1. The van der Waals surface area contributed by atoms with Gasteiger partial charge in [0.2, 0.25) is 0 Å². The van der Waals surface area contributed by atoms with Crippen molar-refractivity contribution >= 4 is 21.9 Å². The molecule has 0 aromatic heterocycles. The van der Waals surface area contributed by atoms with Gasteiger partial charge in [0.25, 0.3) is 0 Å². The lowest BCUT2D eigenvalue weighted by Crippen LogP contribution is -2.11. The molecule has 0 bridgehead atoms. The Labute approximate surface area is 108 Å². The summed E-state index contributed by atoms with van der Waals surface area (Å²) in [5.41, 5.74) is 0.911. The molecule has 2 unspecified atom stereocenters. The molecule has 0 radical (unpaired) electrons. The van der Waals surface area contributed by atoms with Gasteiger partial charge in [0, 0.05) is 4.47 Å². The number of halogens is 1. The molecule has 1 aromatic rings. The molecule has 0 amide bonds. The van der Waals surface area contributed by atoms with Gasteiger partial charge < -0.3 is 14.2 Å². The van der Waals surface area contributed by atoms with Crippen molar-refractivity contribution in [3.05, 3.63) is 28.2 Å². The van der Waals surface area contributed by atoms with Gasteiger partial charge in [0.15, 0.2) is 6.10 Å². The van der Waals surface area contributed by atoms with E-state index >= 15 is 0 Å². The summed E-state index contributed by atoms with van der Waals surface area (Å²) in [6, 6.07) is 5.62. The molecule has 4 nitrogen and oxygen atoms in total. The predicted molar refractivity (Wildman–Crippen MR) is 64.9 cm³/mol. The second kappa shape index (κ2) is 5.06. The Hall–Kier alpha value is -1.07. The monoisotopic (exact) mass is 300 g/mol. The standard InChI is InChI=1S/C12H13BrO4/c1-3-16-12(14)11-10(17-11)7-4-8(13)6-9(5-7)15-2/h4-6,10-11H,3H2,1-2H3. The molecular formula is C12H13BrO4. The zero-order valence-corrected chi connectivity index (χ0v) is 11.2. The van der Waals surface area contributed by atoms with Gasteiger partial charge in [-0.05, 0) is 30.7 Å². The van der Waals surface area contributed by atoms with Crippen molar-refractivity contribution in [2.45, 2.75) is 19.1 Å². The Morgan fingerprint density at radius 2 is 2.24 bits per heavy atom. The molecule has 1 aromatic carbocycles. The lowest BCUT2D eigenvalue weighted by molar-refractivity contribution is -0.144. The van der Waals surface area contributed by atoms with Crippen LogP contribution < -0.4 is 4.74 Å². The highest BCUT2D eigenvalue weighted by Crippen LogP contribution is 2.41. The summed E-state index contributed by atoms with van der Waals surface area (Å²) in [5, 5.41) is 0. The molecule has 1 aliphatic rings. The first-order valence-corrected chi connectivity index (χ1v) is 6.11. The molecule has 2 atom stereocenters. The van der Waals surface area contributed by atoms with E-state index in [-0.39, 0.29) is 12.1 Å². The Balaban J connectivity index is 2.10. The number of carbonyl (C=O) groups is 1. The molecule has 1 saturated heterocycles. The molecule has 0 spiro atoms. The van der Waals surface area contributed by atoms with E-state index in [1.807, 2.05) is 18.2 Å². The van der Waals surface area contributed by atoms with Crippen molar-refractivity contribution in [3.8, 4) is 5.75 Å². The van der Waals surface area contributed by atoms with Crippen molar-refractivity contribution in [1.29, 1.82) is 0 Å². The third kappa shape index (κ3) is 2.79. The average molecular weight is 301 g/mol. The van der Waals surface area contributed by atoms with Crippen LogP contribution in [0.15, 0.2) is 22.7 Å². The molecule has 0 aliphatic carbocycles. The number of esters is 1. The fraction of sp³-hybridized carbons (Fsp3) is 0.417. The number of methoxy groups -OCH3 is 1. The molecule has 1 fully saturated rings. The van der Waals surface area contributed by atoms with Gasteiger partial charge in [-0.25, -0.2) is 4.79 Å². The number of carbonyl (C=O) groups excluding carboxylic acids is 1. The minimum Gasteiger partial charge on any atom is -0.497 e. The van der Waals surface area contributed by atoms with Crippen LogP contribution in [0.5, 0.6) is 5.75 Å². The number of rotatable bonds is 4. The number of hydrogen-bond acceptors (Lipinski definition) is 4. The summed E-state index contributed by atoms with van der Waals surface area (Å²) in [5.74, 6) is 0.420. The number of benzene rings is 1. The number of hydrogen-bond donors (Lipinski definition) is 0. The number of ether oxygens (including phenoxy) is 3. The second-order valence-corrected chi connectivity index (χ2v) is 4.57. The van der Waals surface area contributed by atoms with E-state index in [9.17, 15) is 4.79 Å². The maximum Gasteiger partial charge on any atom is 0.338 e. The SMILES string of the molecule is CCOC(=O)C1OC1c1cc(Br)cc(OC)c1. The van der Waals surface area contributed by atoms with E-state index in [2.05, 4.69) is 15.9 Å². The average Bonchev–Trinajstić information content (AvgIpc) is 3.08. The highest BCUT2D eigenvalue weighted by Gasteiger charge is 2.47. The fourth-order valence-corrected chi connectivity index (χ4v) is 2.13. The Morgan fingerprint density at radius 1 is 1.47 bits per heavy atom. The third-order valence-corrected chi connectivity index (χ3v) is 2.93. The molecule has 92 valence electrons. The van der Waals surface area contributed by atoms with Crippen LogP contribution in [0.1, 0.15) is 18.6 Å². The van der Waals surface area contributed by atoms with Gasteiger partial charge in [0.1, 0.15) is 11.9 Å². The van der Waals surface area contributed by atoms with Crippen LogP contribution in [-0.4, -0.2) is 25.8 Å². The Bertz CT molecular complexity index is 433. The maximum absolute atomic E-state index is 11.4. The summed E-state index contributed by atoms with van der Waals surface area (Å²) >= 11 is 3.39. The topological polar surface area (TPSA) is 48.1 Å². The Morgan fingerprint density at radius 3 is 2.88 bits per heavy atom.